The van der Waals surface area contributed by atoms with Gasteiger partial charge in [-0.25, -0.2) is 9.78 Å². The lowest BCUT2D eigenvalue weighted by molar-refractivity contribution is 0.0702. The van der Waals surface area contributed by atoms with Crippen molar-refractivity contribution in [1.29, 1.82) is 0 Å². The Morgan fingerprint density at radius 2 is 2.60 bits per heavy atom. The van der Waals surface area contributed by atoms with E-state index >= 15 is 0 Å². The minimum Gasteiger partial charge on any atom is -0.477 e. The molecule has 1 heterocycles. The van der Waals surface area contributed by atoms with E-state index in [2.05, 4.69) is 16.2 Å². The van der Waals surface area contributed by atoms with E-state index in [4.69, 9.17) is 11.5 Å². The second-order valence-corrected chi connectivity index (χ2v) is 4.02. The van der Waals surface area contributed by atoms with Gasteiger partial charge in [0.1, 0.15) is 4.88 Å². The van der Waals surface area contributed by atoms with Gasteiger partial charge < -0.3 is 10.4 Å². The van der Waals surface area contributed by atoms with Crippen molar-refractivity contribution in [2.75, 3.05) is 5.32 Å². The Hall–Kier alpha value is -1.54. The molecule has 0 amide bonds. The molecule has 80 valence electrons. The van der Waals surface area contributed by atoms with Crippen LogP contribution in [-0.2, 0) is 0 Å². The van der Waals surface area contributed by atoms with Crippen LogP contribution in [0.15, 0.2) is 6.20 Å². The monoisotopic (exact) mass is 224 g/mol. The Morgan fingerprint density at radius 3 is 3.07 bits per heavy atom. The van der Waals surface area contributed by atoms with E-state index in [0.29, 0.717) is 11.6 Å². The first-order valence-electron chi connectivity index (χ1n) is 4.56. The van der Waals surface area contributed by atoms with Crippen molar-refractivity contribution in [3.8, 4) is 12.3 Å². The number of carbonyl (C=O) groups is 1. The predicted octanol–water partition coefficient (Wildman–Crippen LogP) is 2.06. The highest BCUT2D eigenvalue weighted by molar-refractivity contribution is 7.17. The van der Waals surface area contributed by atoms with Crippen LogP contribution < -0.4 is 5.32 Å². The molecule has 4 nitrogen and oxygen atoms in total. The van der Waals surface area contributed by atoms with Crippen molar-refractivity contribution in [3.05, 3.63) is 11.1 Å². The molecule has 2 N–H and O–H groups in total. The van der Waals surface area contributed by atoms with Crippen molar-refractivity contribution in [2.45, 2.75) is 25.8 Å². The standard InChI is InChI=1S/C10H12N2O2S/c1-3-5-7(4-2)12-10-11-6-8(15-10)9(13)14/h1,6-7H,4-5H2,2H3,(H,11,12)(H,13,14). The largest absolute Gasteiger partial charge is 0.477 e. The van der Waals surface area contributed by atoms with Gasteiger partial charge in [0.2, 0.25) is 0 Å². The van der Waals surface area contributed by atoms with Crippen LogP contribution in [0, 0.1) is 12.3 Å². The molecule has 0 aliphatic heterocycles. The fraction of sp³-hybridized carbons (Fsp3) is 0.400. The zero-order chi connectivity index (χ0) is 11.3. The number of rotatable bonds is 5. The van der Waals surface area contributed by atoms with Crippen LogP contribution in [0.25, 0.3) is 0 Å². The number of hydrogen-bond donors (Lipinski definition) is 2. The topological polar surface area (TPSA) is 62.2 Å². The lowest BCUT2D eigenvalue weighted by Crippen LogP contribution is -2.17. The van der Waals surface area contributed by atoms with Gasteiger partial charge in [-0.1, -0.05) is 18.3 Å². The van der Waals surface area contributed by atoms with Crippen molar-refractivity contribution in [1.82, 2.24) is 4.98 Å². The maximum Gasteiger partial charge on any atom is 0.347 e. The third-order valence-electron chi connectivity index (χ3n) is 1.90. The van der Waals surface area contributed by atoms with E-state index < -0.39 is 5.97 Å². The number of hydrogen-bond acceptors (Lipinski definition) is 4. The highest BCUT2D eigenvalue weighted by Crippen LogP contribution is 2.19. The van der Waals surface area contributed by atoms with E-state index in [0.717, 1.165) is 17.8 Å². The lowest BCUT2D eigenvalue weighted by Gasteiger charge is -2.12. The average molecular weight is 224 g/mol. The number of nitrogens with zero attached hydrogens (tertiary/aromatic N) is 1. The Labute approximate surface area is 92.4 Å². The van der Waals surface area contributed by atoms with Crippen LogP contribution in [0.2, 0.25) is 0 Å². The van der Waals surface area contributed by atoms with E-state index in [1.54, 1.807) is 0 Å². The summed E-state index contributed by atoms with van der Waals surface area (Å²) in [6, 6.07) is 0.155. The number of aromatic carboxylic acids is 1. The van der Waals surface area contributed by atoms with Crippen LogP contribution in [0.5, 0.6) is 0 Å². The van der Waals surface area contributed by atoms with Gasteiger partial charge >= 0.3 is 5.97 Å². The highest BCUT2D eigenvalue weighted by atomic mass is 32.1. The van der Waals surface area contributed by atoms with Crippen molar-refractivity contribution < 1.29 is 9.90 Å². The number of terminal acetylenes is 1. The zero-order valence-corrected chi connectivity index (χ0v) is 9.17. The Kier molecular flexibility index (Phi) is 4.13. The SMILES string of the molecule is C#CCC(CC)Nc1ncc(C(=O)O)s1. The molecule has 0 saturated heterocycles. The van der Waals surface area contributed by atoms with Crippen LogP contribution in [0.1, 0.15) is 29.4 Å². The molecule has 5 heteroatoms. The molecule has 0 aromatic carbocycles. The molecule has 0 spiro atoms. The van der Waals surface area contributed by atoms with Crippen molar-refractivity contribution in [3.63, 3.8) is 0 Å². The third kappa shape index (κ3) is 3.26. The summed E-state index contributed by atoms with van der Waals surface area (Å²) in [5.41, 5.74) is 0. The molecule has 1 unspecified atom stereocenters. The minimum atomic E-state index is -0.953. The quantitative estimate of drug-likeness (QED) is 0.751. The molecular weight excluding hydrogens is 212 g/mol. The summed E-state index contributed by atoms with van der Waals surface area (Å²) in [6.07, 6.45) is 8.05. The van der Waals surface area contributed by atoms with Gasteiger partial charge in [0.25, 0.3) is 0 Å². The van der Waals surface area contributed by atoms with Gasteiger partial charge in [0.15, 0.2) is 5.13 Å². The molecule has 0 saturated carbocycles. The summed E-state index contributed by atoms with van der Waals surface area (Å²) in [5.74, 6) is 1.61. The summed E-state index contributed by atoms with van der Waals surface area (Å²) in [6.45, 7) is 2.01. The minimum absolute atomic E-state index is 0.155. The lowest BCUT2D eigenvalue weighted by atomic mass is 10.2. The number of carboxylic acids is 1. The molecule has 0 bridgehead atoms. The van der Waals surface area contributed by atoms with Gasteiger partial charge in [-0.05, 0) is 6.42 Å². The number of thiazole rings is 1. The first-order valence-corrected chi connectivity index (χ1v) is 5.38. The highest BCUT2D eigenvalue weighted by Gasteiger charge is 2.11. The fourth-order valence-corrected chi connectivity index (χ4v) is 1.79. The second-order valence-electron chi connectivity index (χ2n) is 2.99. The van der Waals surface area contributed by atoms with Gasteiger partial charge in [-0.2, -0.15) is 0 Å². The van der Waals surface area contributed by atoms with Gasteiger partial charge in [0, 0.05) is 12.5 Å². The second kappa shape index (κ2) is 5.37. The molecule has 0 radical (unpaired) electrons. The summed E-state index contributed by atoms with van der Waals surface area (Å²) in [4.78, 5) is 14.8. The van der Waals surface area contributed by atoms with Crippen LogP contribution in [-0.4, -0.2) is 22.1 Å². The molecule has 15 heavy (non-hydrogen) atoms. The molecule has 1 aromatic heterocycles. The third-order valence-corrected chi connectivity index (χ3v) is 2.82. The zero-order valence-electron chi connectivity index (χ0n) is 8.36. The van der Waals surface area contributed by atoms with Gasteiger partial charge in [-0.3, -0.25) is 0 Å². The van der Waals surface area contributed by atoms with Gasteiger partial charge in [0.05, 0.1) is 6.20 Å². The maximum atomic E-state index is 10.6. The summed E-state index contributed by atoms with van der Waals surface area (Å²) in [7, 11) is 0. The first-order chi connectivity index (χ1) is 7.17. The number of nitrogens with one attached hydrogen (secondary N) is 1. The first kappa shape index (κ1) is 11.5. The number of aromatic nitrogens is 1. The smallest absolute Gasteiger partial charge is 0.347 e. The molecule has 1 rings (SSSR count). The van der Waals surface area contributed by atoms with E-state index in [9.17, 15) is 4.79 Å². The van der Waals surface area contributed by atoms with E-state index in [1.165, 1.54) is 6.20 Å². The Bertz CT molecular complexity index is 381. The molecule has 1 atom stereocenters. The molecule has 0 aliphatic rings. The maximum absolute atomic E-state index is 10.6. The summed E-state index contributed by atoms with van der Waals surface area (Å²) >= 11 is 1.12. The normalized spacial score (nSPS) is 11.7. The summed E-state index contributed by atoms with van der Waals surface area (Å²) < 4.78 is 0. The fourth-order valence-electron chi connectivity index (χ4n) is 1.05. The van der Waals surface area contributed by atoms with Crippen molar-refractivity contribution >= 4 is 22.4 Å². The molecule has 1 aromatic rings. The summed E-state index contributed by atoms with van der Waals surface area (Å²) in [5, 5.41) is 12.4. The molecular formula is C10H12N2O2S. The Balaban J connectivity index is 2.64. The van der Waals surface area contributed by atoms with Crippen LogP contribution >= 0.6 is 11.3 Å². The van der Waals surface area contributed by atoms with Crippen LogP contribution in [0.4, 0.5) is 5.13 Å². The molecule has 0 fully saturated rings. The predicted molar refractivity (Wildman–Crippen MR) is 60.2 cm³/mol. The van der Waals surface area contributed by atoms with Gasteiger partial charge in [-0.15, -0.1) is 12.3 Å². The van der Waals surface area contributed by atoms with E-state index in [1.807, 2.05) is 6.92 Å². The van der Waals surface area contributed by atoms with E-state index in [-0.39, 0.29) is 10.9 Å². The number of carboxylic acid groups (broad SMARTS) is 1. The molecule has 0 aliphatic carbocycles. The van der Waals surface area contributed by atoms with Crippen molar-refractivity contribution in [2.24, 2.45) is 0 Å². The Morgan fingerprint density at radius 1 is 1.87 bits per heavy atom. The number of anilines is 1. The average Bonchev–Trinajstić information content (AvgIpc) is 2.65. The van der Waals surface area contributed by atoms with Crippen LogP contribution in [0.3, 0.4) is 0 Å².